The summed E-state index contributed by atoms with van der Waals surface area (Å²) in [7, 11) is 0. The molecule has 0 unspecified atom stereocenters. The highest BCUT2D eigenvalue weighted by Gasteiger charge is 2.00. The van der Waals surface area contributed by atoms with Gasteiger partial charge in [0.05, 0.1) is 0 Å². The Morgan fingerprint density at radius 1 is 1.00 bits per heavy atom. The molecule has 2 aromatic rings. The maximum Gasteiger partial charge on any atom is 0.150 e. The van der Waals surface area contributed by atoms with E-state index >= 15 is 0 Å². The zero-order chi connectivity index (χ0) is 9.97. The number of carbonyl (C=O) groups excluding carboxylic acids is 1. The second kappa shape index (κ2) is 3.46. The summed E-state index contributed by atoms with van der Waals surface area (Å²) in [6.07, 6.45) is 2.57. The minimum absolute atomic E-state index is 0.693. The van der Waals surface area contributed by atoms with Crippen molar-refractivity contribution in [1.29, 1.82) is 0 Å². The van der Waals surface area contributed by atoms with Gasteiger partial charge in [0.15, 0.2) is 6.29 Å². The highest BCUT2D eigenvalue weighted by Crippen LogP contribution is 2.19. The average Bonchev–Trinajstić information content (AvgIpc) is 2.27. The van der Waals surface area contributed by atoms with Crippen LogP contribution in [0.1, 0.15) is 15.9 Å². The smallest absolute Gasteiger partial charge is 0.150 e. The topological polar surface area (TPSA) is 17.1 Å². The molecule has 0 amide bonds. The third-order valence-corrected chi connectivity index (χ3v) is 2.30. The fourth-order valence-corrected chi connectivity index (χ4v) is 1.55. The summed E-state index contributed by atoms with van der Waals surface area (Å²) in [5.74, 6) is 0. The molecule has 2 aromatic carbocycles. The van der Waals surface area contributed by atoms with Crippen molar-refractivity contribution in [3.8, 4) is 0 Å². The lowest BCUT2D eigenvalue weighted by Crippen LogP contribution is -1.86. The summed E-state index contributed by atoms with van der Waals surface area (Å²) < 4.78 is 0. The van der Waals surface area contributed by atoms with Crippen LogP contribution in [0.25, 0.3) is 16.8 Å². The fraction of sp³-hybridized carbons (Fsp3) is 0. The van der Waals surface area contributed by atoms with Gasteiger partial charge in [-0.25, -0.2) is 0 Å². The van der Waals surface area contributed by atoms with Crippen LogP contribution < -0.4 is 0 Å². The van der Waals surface area contributed by atoms with Crippen LogP contribution in [0.3, 0.4) is 0 Å². The molecule has 0 heterocycles. The summed E-state index contributed by atoms with van der Waals surface area (Å²) >= 11 is 0. The first-order valence-corrected chi connectivity index (χ1v) is 4.45. The van der Waals surface area contributed by atoms with Crippen LogP contribution in [-0.4, -0.2) is 6.29 Å². The Morgan fingerprint density at radius 2 is 1.57 bits per heavy atom. The van der Waals surface area contributed by atoms with E-state index in [1.807, 2.05) is 36.4 Å². The first-order valence-electron chi connectivity index (χ1n) is 4.45. The predicted octanol–water partition coefficient (Wildman–Crippen LogP) is 3.30. The van der Waals surface area contributed by atoms with Crippen molar-refractivity contribution in [1.82, 2.24) is 0 Å². The second-order valence-electron chi connectivity index (χ2n) is 3.15. The number of hydrogen-bond acceptors (Lipinski definition) is 1. The van der Waals surface area contributed by atoms with E-state index in [2.05, 4.69) is 6.58 Å². The first kappa shape index (κ1) is 8.70. The van der Waals surface area contributed by atoms with E-state index in [4.69, 9.17) is 0 Å². The number of carbonyl (C=O) groups is 1. The van der Waals surface area contributed by atoms with Gasteiger partial charge in [0.2, 0.25) is 0 Å². The quantitative estimate of drug-likeness (QED) is 0.651. The molecule has 0 atom stereocenters. The third-order valence-electron chi connectivity index (χ3n) is 2.30. The molecule has 0 radical (unpaired) electrons. The molecule has 2 rings (SSSR count). The van der Waals surface area contributed by atoms with Crippen LogP contribution in [0.5, 0.6) is 0 Å². The van der Waals surface area contributed by atoms with Crippen molar-refractivity contribution in [3.63, 3.8) is 0 Å². The van der Waals surface area contributed by atoms with Crippen molar-refractivity contribution in [2.75, 3.05) is 0 Å². The molecule has 14 heavy (non-hydrogen) atoms. The molecule has 68 valence electrons. The summed E-state index contributed by atoms with van der Waals surface area (Å²) in [6, 6.07) is 11.8. The van der Waals surface area contributed by atoms with E-state index in [0.717, 1.165) is 22.6 Å². The van der Waals surface area contributed by atoms with Crippen LogP contribution in [0, 0.1) is 0 Å². The van der Waals surface area contributed by atoms with E-state index in [-0.39, 0.29) is 0 Å². The Labute approximate surface area is 82.7 Å². The van der Waals surface area contributed by atoms with Crippen LogP contribution in [0.4, 0.5) is 0 Å². The molecular formula is C13H10O. The summed E-state index contributed by atoms with van der Waals surface area (Å²) in [5, 5.41) is 2.22. The van der Waals surface area contributed by atoms with E-state index in [1.165, 1.54) is 0 Å². The van der Waals surface area contributed by atoms with Gasteiger partial charge < -0.3 is 0 Å². The number of benzene rings is 2. The Kier molecular flexibility index (Phi) is 2.15. The molecule has 0 bridgehead atoms. The predicted molar refractivity (Wildman–Crippen MR) is 59.4 cm³/mol. The lowest BCUT2D eigenvalue weighted by Gasteiger charge is -2.02. The van der Waals surface area contributed by atoms with E-state index in [9.17, 15) is 4.79 Å². The fourth-order valence-electron chi connectivity index (χ4n) is 1.55. The molecule has 1 nitrogen and oxygen atoms in total. The molecular weight excluding hydrogens is 172 g/mol. The largest absolute Gasteiger partial charge is 0.298 e. The van der Waals surface area contributed by atoms with Gasteiger partial charge in [0.25, 0.3) is 0 Å². The monoisotopic (exact) mass is 182 g/mol. The number of fused-ring (bicyclic) bond motifs is 1. The van der Waals surface area contributed by atoms with Crippen LogP contribution >= 0.6 is 0 Å². The number of rotatable bonds is 2. The Balaban J connectivity index is 2.81. The van der Waals surface area contributed by atoms with Crippen molar-refractivity contribution in [3.05, 3.63) is 54.1 Å². The van der Waals surface area contributed by atoms with Gasteiger partial charge in [-0.15, -0.1) is 0 Å². The lowest BCUT2D eigenvalue weighted by atomic mass is 10.0. The SMILES string of the molecule is C=Cc1cc2ccccc2cc1C=O. The Bertz CT molecular complexity index is 451. The maximum atomic E-state index is 10.8. The van der Waals surface area contributed by atoms with Crippen LogP contribution in [0.15, 0.2) is 43.0 Å². The Morgan fingerprint density at radius 3 is 2.07 bits per heavy atom. The summed E-state index contributed by atoms with van der Waals surface area (Å²) in [6.45, 7) is 3.69. The molecule has 0 aromatic heterocycles. The van der Waals surface area contributed by atoms with Gasteiger partial charge in [0.1, 0.15) is 0 Å². The number of hydrogen-bond donors (Lipinski definition) is 0. The highest BCUT2D eigenvalue weighted by molar-refractivity contribution is 5.93. The minimum atomic E-state index is 0.693. The normalized spacial score (nSPS) is 10.0. The van der Waals surface area contributed by atoms with E-state index in [1.54, 1.807) is 6.08 Å². The molecule has 0 saturated carbocycles. The summed E-state index contributed by atoms with van der Waals surface area (Å²) in [5.41, 5.74) is 1.58. The zero-order valence-electron chi connectivity index (χ0n) is 7.73. The number of aldehydes is 1. The second-order valence-corrected chi connectivity index (χ2v) is 3.15. The maximum absolute atomic E-state index is 10.8. The average molecular weight is 182 g/mol. The molecule has 1 heteroatoms. The molecule has 0 aliphatic carbocycles. The zero-order valence-corrected chi connectivity index (χ0v) is 7.73. The van der Waals surface area contributed by atoms with Crippen molar-refractivity contribution < 1.29 is 4.79 Å². The van der Waals surface area contributed by atoms with Gasteiger partial charge >= 0.3 is 0 Å². The third kappa shape index (κ3) is 1.33. The lowest BCUT2D eigenvalue weighted by molar-refractivity contribution is 0.112. The van der Waals surface area contributed by atoms with E-state index in [0.29, 0.717) is 5.56 Å². The van der Waals surface area contributed by atoms with Gasteiger partial charge in [0, 0.05) is 5.56 Å². The molecule has 0 saturated heterocycles. The molecule has 0 aliphatic heterocycles. The van der Waals surface area contributed by atoms with Crippen LogP contribution in [-0.2, 0) is 0 Å². The van der Waals surface area contributed by atoms with Gasteiger partial charge in [-0.2, -0.15) is 0 Å². The first-order chi connectivity index (χ1) is 6.85. The molecule has 0 N–H and O–H groups in total. The Hall–Kier alpha value is -1.89. The van der Waals surface area contributed by atoms with Gasteiger partial charge in [-0.05, 0) is 28.5 Å². The van der Waals surface area contributed by atoms with Gasteiger partial charge in [-0.3, -0.25) is 4.79 Å². The van der Waals surface area contributed by atoms with E-state index < -0.39 is 0 Å². The standard InChI is InChI=1S/C13H10O/c1-2-10-7-11-5-3-4-6-12(11)8-13(10)9-14/h2-9H,1H2. The summed E-state index contributed by atoms with van der Waals surface area (Å²) in [4.78, 5) is 10.8. The van der Waals surface area contributed by atoms with Gasteiger partial charge in [-0.1, -0.05) is 36.9 Å². The van der Waals surface area contributed by atoms with Crippen molar-refractivity contribution in [2.24, 2.45) is 0 Å². The molecule has 0 spiro atoms. The van der Waals surface area contributed by atoms with Crippen LogP contribution in [0.2, 0.25) is 0 Å². The molecule has 0 fully saturated rings. The minimum Gasteiger partial charge on any atom is -0.298 e. The van der Waals surface area contributed by atoms with Crippen molar-refractivity contribution >= 4 is 23.1 Å². The highest BCUT2D eigenvalue weighted by atomic mass is 16.1. The van der Waals surface area contributed by atoms with Crippen molar-refractivity contribution in [2.45, 2.75) is 0 Å². The molecule has 0 aliphatic rings.